The van der Waals surface area contributed by atoms with Gasteiger partial charge in [0.1, 0.15) is 13.2 Å². The first-order valence-electron chi connectivity index (χ1n) is 5.42. The lowest BCUT2D eigenvalue weighted by atomic mass is 10.3. The molecular weight excluding hydrogens is 344 g/mol. The molecule has 0 aliphatic heterocycles. The van der Waals surface area contributed by atoms with Crippen molar-refractivity contribution in [2.75, 3.05) is 13.2 Å². The third kappa shape index (κ3) is 4.37. The van der Waals surface area contributed by atoms with Crippen molar-refractivity contribution in [1.82, 2.24) is 0 Å². The Balaban J connectivity index is 6.03. The second-order valence-corrected chi connectivity index (χ2v) is 7.29. The molecule has 0 aliphatic rings. The fraction of sp³-hybridized carbons (Fsp3) is 0.400. The van der Waals surface area contributed by atoms with Crippen molar-refractivity contribution in [2.45, 2.75) is 10.5 Å². The molecule has 0 aromatic heterocycles. The Hall–Kier alpha value is -1.76. The second kappa shape index (κ2) is 7.49. The van der Waals surface area contributed by atoms with Gasteiger partial charge in [-0.1, -0.05) is 25.3 Å². The summed E-state index contributed by atoms with van der Waals surface area (Å²) < 4.78 is 68.3. The molecule has 0 heterocycles. The molecule has 0 rings (SSSR count). The normalized spacial score (nSPS) is 12.3. The Morgan fingerprint density at radius 3 is 1.73 bits per heavy atom. The van der Waals surface area contributed by atoms with Crippen molar-refractivity contribution in [3.63, 3.8) is 0 Å². The van der Waals surface area contributed by atoms with E-state index in [1.54, 1.807) is 0 Å². The summed E-state index contributed by atoms with van der Waals surface area (Å²) in [5, 5.41) is 0. The monoisotopic (exact) mass is 358 g/mol. The lowest BCUT2D eigenvalue weighted by Crippen LogP contribution is -2.55. The van der Waals surface area contributed by atoms with Gasteiger partial charge in [-0.3, -0.25) is 13.9 Å². The quantitative estimate of drug-likeness (QED) is 0.306. The summed E-state index contributed by atoms with van der Waals surface area (Å²) in [6, 6.07) is 0. The molecule has 0 atom stereocenters. The molecule has 0 amide bonds. The molecule has 0 fully saturated rings. The number of rotatable bonds is 9. The van der Waals surface area contributed by atoms with E-state index in [2.05, 4.69) is 22.6 Å². The Kier molecular flexibility index (Phi) is 6.89. The molecule has 12 heteroatoms. The van der Waals surface area contributed by atoms with Crippen LogP contribution in [0.25, 0.3) is 0 Å². The van der Waals surface area contributed by atoms with E-state index < -0.39 is 55.9 Å². The molecule has 0 unspecified atom stereocenters. The van der Waals surface area contributed by atoms with Crippen molar-refractivity contribution in [3.05, 3.63) is 25.3 Å². The fourth-order valence-corrected chi connectivity index (χ4v) is 3.44. The summed E-state index contributed by atoms with van der Waals surface area (Å²) in [6.07, 6.45) is 0.331. The Labute approximate surface area is 126 Å². The number of esters is 2. The van der Waals surface area contributed by atoms with Crippen LogP contribution in [-0.2, 0) is 39.3 Å². The number of hydrogen-bond donors (Lipinski definition) is 2. The van der Waals surface area contributed by atoms with Crippen molar-refractivity contribution in [3.8, 4) is 0 Å². The summed E-state index contributed by atoms with van der Waals surface area (Å²) >= 11 is 0. The molecule has 0 spiro atoms. The van der Waals surface area contributed by atoms with Gasteiger partial charge in [-0.15, -0.1) is 0 Å². The van der Waals surface area contributed by atoms with Gasteiger partial charge >= 0.3 is 16.0 Å². The number of ether oxygens (including phenoxy) is 2. The van der Waals surface area contributed by atoms with Crippen LogP contribution < -0.4 is 0 Å². The largest absolute Gasteiger partial charge is 0.461 e. The average molecular weight is 358 g/mol. The van der Waals surface area contributed by atoms with E-state index >= 15 is 0 Å². The minimum atomic E-state index is -5.81. The zero-order chi connectivity index (χ0) is 17.6. The van der Waals surface area contributed by atoms with Gasteiger partial charge < -0.3 is 9.47 Å². The second-order valence-electron chi connectivity index (χ2n) is 3.74. The molecule has 0 saturated heterocycles. The Morgan fingerprint density at radius 2 is 1.36 bits per heavy atom. The van der Waals surface area contributed by atoms with Gasteiger partial charge in [-0.25, -0.2) is 4.79 Å². The summed E-state index contributed by atoms with van der Waals surface area (Å²) in [5.74, 6) is -3.58. The maximum Gasteiger partial charge on any atom is 0.349 e. The fourth-order valence-electron chi connectivity index (χ4n) is 1.24. The first-order valence-corrected chi connectivity index (χ1v) is 8.30. The van der Waals surface area contributed by atoms with Crippen molar-refractivity contribution >= 4 is 32.2 Å². The molecule has 10 nitrogen and oxygen atoms in total. The third-order valence-electron chi connectivity index (χ3n) is 2.22. The number of carbonyl (C=O) groups excluding carboxylic acids is 2. The standard InChI is InChI=1S/C10H14O10S2/c1-3-5-19-8(11)7-10(21(13,14)15,22(16,17)18)9(12)20-6-4-2/h3-4H,1-2,5-7H2,(H,13,14,15)(H,16,17,18). The molecule has 2 N–H and O–H groups in total. The predicted molar refractivity (Wildman–Crippen MR) is 72.8 cm³/mol. The maximum atomic E-state index is 11.8. The highest BCUT2D eigenvalue weighted by Gasteiger charge is 2.64. The molecular formula is C10H14O10S2. The molecule has 0 aromatic rings. The molecule has 0 saturated carbocycles. The third-order valence-corrected chi connectivity index (χ3v) is 5.77. The highest BCUT2D eigenvalue weighted by Crippen LogP contribution is 2.30. The summed E-state index contributed by atoms with van der Waals surface area (Å²) in [4.78, 5) is 23.2. The van der Waals surface area contributed by atoms with Crippen molar-refractivity contribution in [1.29, 1.82) is 0 Å². The predicted octanol–water partition coefficient (Wildman–Crippen LogP) is -0.693. The first-order chi connectivity index (χ1) is 9.94. The molecule has 0 aliphatic carbocycles. The van der Waals surface area contributed by atoms with Gasteiger partial charge in [0.15, 0.2) is 0 Å². The van der Waals surface area contributed by atoms with E-state index in [1.807, 2.05) is 0 Å². The van der Waals surface area contributed by atoms with Gasteiger partial charge in [-0.05, 0) is 0 Å². The zero-order valence-electron chi connectivity index (χ0n) is 11.2. The molecule has 126 valence electrons. The highest BCUT2D eigenvalue weighted by molar-refractivity contribution is 8.06. The highest BCUT2D eigenvalue weighted by atomic mass is 32.3. The van der Waals surface area contributed by atoms with E-state index in [1.165, 1.54) is 0 Å². The van der Waals surface area contributed by atoms with Crippen LogP contribution in [0.4, 0.5) is 0 Å². The lowest BCUT2D eigenvalue weighted by Gasteiger charge is -2.24. The summed E-state index contributed by atoms with van der Waals surface area (Å²) in [7, 11) is -11.6. The van der Waals surface area contributed by atoms with Gasteiger partial charge in [0.25, 0.3) is 20.2 Å². The minimum Gasteiger partial charge on any atom is -0.461 e. The van der Waals surface area contributed by atoms with Crippen LogP contribution >= 0.6 is 0 Å². The first kappa shape index (κ1) is 20.2. The van der Waals surface area contributed by atoms with E-state index in [-0.39, 0.29) is 0 Å². The van der Waals surface area contributed by atoms with E-state index in [0.717, 1.165) is 12.2 Å². The van der Waals surface area contributed by atoms with Crippen LogP contribution in [0.2, 0.25) is 0 Å². The maximum absolute atomic E-state index is 11.8. The molecule has 22 heavy (non-hydrogen) atoms. The Morgan fingerprint density at radius 1 is 0.955 bits per heavy atom. The lowest BCUT2D eigenvalue weighted by molar-refractivity contribution is -0.150. The van der Waals surface area contributed by atoms with Crippen LogP contribution in [0.1, 0.15) is 6.42 Å². The van der Waals surface area contributed by atoms with Crippen LogP contribution in [0, 0.1) is 0 Å². The molecule has 0 radical (unpaired) electrons. The summed E-state index contributed by atoms with van der Waals surface area (Å²) in [6.45, 7) is 5.27. The smallest absolute Gasteiger partial charge is 0.349 e. The number of hydrogen-bond acceptors (Lipinski definition) is 8. The SMILES string of the molecule is C=CCOC(=O)CC(C(=O)OCC=C)(S(=O)(=O)O)S(=O)(=O)O. The topological polar surface area (TPSA) is 161 Å². The van der Waals surface area contributed by atoms with Crippen LogP contribution in [0.5, 0.6) is 0 Å². The summed E-state index contributed by atoms with van der Waals surface area (Å²) in [5.41, 5.74) is 0. The molecule has 0 aromatic carbocycles. The van der Waals surface area contributed by atoms with Crippen LogP contribution in [0.3, 0.4) is 0 Å². The van der Waals surface area contributed by atoms with Crippen molar-refractivity contribution < 1.29 is 45.0 Å². The van der Waals surface area contributed by atoms with Gasteiger partial charge in [0.2, 0.25) is 0 Å². The van der Waals surface area contributed by atoms with Crippen LogP contribution in [-0.4, -0.2) is 55.2 Å². The number of carbonyl (C=O) groups is 2. The Bertz CT molecular complexity index is 626. The van der Waals surface area contributed by atoms with Gasteiger partial charge in [-0.2, -0.15) is 16.8 Å². The molecule has 0 bridgehead atoms. The van der Waals surface area contributed by atoms with E-state index in [9.17, 15) is 26.4 Å². The van der Waals surface area contributed by atoms with Gasteiger partial charge in [0.05, 0.1) is 6.42 Å². The zero-order valence-corrected chi connectivity index (χ0v) is 12.8. The van der Waals surface area contributed by atoms with Gasteiger partial charge in [0, 0.05) is 0 Å². The average Bonchev–Trinajstić information content (AvgIpc) is 2.36. The van der Waals surface area contributed by atoms with Crippen molar-refractivity contribution in [2.24, 2.45) is 0 Å². The van der Waals surface area contributed by atoms with E-state index in [0.29, 0.717) is 0 Å². The minimum absolute atomic E-state index is 0.423. The van der Waals surface area contributed by atoms with E-state index in [4.69, 9.17) is 9.11 Å². The van der Waals surface area contributed by atoms with Crippen LogP contribution in [0.15, 0.2) is 25.3 Å².